The summed E-state index contributed by atoms with van der Waals surface area (Å²) in [5.74, 6) is -0.588. The summed E-state index contributed by atoms with van der Waals surface area (Å²) >= 11 is 0. The van der Waals surface area contributed by atoms with Gasteiger partial charge in [0, 0.05) is 11.8 Å². The molecule has 0 aliphatic rings. The lowest BCUT2D eigenvalue weighted by Crippen LogP contribution is -2.18. The topological polar surface area (TPSA) is 90.1 Å². The van der Waals surface area contributed by atoms with E-state index >= 15 is 0 Å². The van der Waals surface area contributed by atoms with Gasteiger partial charge in [-0.25, -0.2) is 4.98 Å². The van der Waals surface area contributed by atoms with Gasteiger partial charge in [-0.1, -0.05) is 12.1 Å². The van der Waals surface area contributed by atoms with Crippen molar-refractivity contribution in [3.05, 3.63) is 64.5 Å². The summed E-state index contributed by atoms with van der Waals surface area (Å²) in [5, 5.41) is 13.4. The predicted octanol–water partition coefficient (Wildman–Crippen LogP) is 3.60. The third-order valence-electron chi connectivity index (χ3n) is 3.61. The molecule has 0 unspecified atom stereocenters. The van der Waals surface area contributed by atoms with Crippen LogP contribution < -0.4 is 5.32 Å². The number of hydrogen-bond acceptors (Lipinski definition) is 4. The predicted molar refractivity (Wildman–Crippen MR) is 86.5 cm³/mol. The Bertz CT molecular complexity index is 998. The number of fused-ring (bicyclic) bond motifs is 1. The summed E-state index contributed by atoms with van der Waals surface area (Å²) in [6.45, 7) is -0.256. The van der Waals surface area contributed by atoms with Gasteiger partial charge in [0.2, 0.25) is 5.91 Å². The Balaban J connectivity index is 1.80. The largest absolute Gasteiger partial charge is 0.416 e. The van der Waals surface area contributed by atoms with Crippen LogP contribution in [0.4, 0.5) is 24.5 Å². The maximum Gasteiger partial charge on any atom is 0.416 e. The number of alkyl halides is 3. The summed E-state index contributed by atoms with van der Waals surface area (Å²) in [6, 6.07) is 8.57. The van der Waals surface area contributed by atoms with Crippen molar-refractivity contribution >= 4 is 28.3 Å². The lowest BCUT2D eigenvalue weighted by Gasteiger charge is -2.10. The molecule has 0 spiro atoms. The number of carbonyl (C=O) groups is 1. The molecule has 1 aromatic heterocycles. The van der Waals surface area contributed by atoms with Crippen LogP contribution in [0.2, 0.25) is 0 Å². The van der Waals surface area contributed by atoms with Crippen molar-refractivity contribution in [3.63, 3.8) is 0 Å². The smallest absolute Gasteiger partial charge is 0.325 e. The Hall–Kier alpha value is -3.43. The molecule has 0 saturated heterocycles. The summed E-state index contributed by atoms with van der Waals surface area (Å²) < 4.78 is 39.5. The van der Waals surface area contributed by atoms with Crippen LogP contribution in [-0.2, 0) is 17.5 Å². The minimum absolute atomic E-state index is 0.000210. The molecule has 3 rings (SSSR count). The highest BCUT2D eigenvalue weighted by atomic mass is 19.4. The zero-order valence-electron chi connectivity index (χ0n) is 13.0. The van der Waals surface area contributed by atoms with Crippen molar-refractivity contribution in [2.45, 2.75) is 12.7 Å². The fourth-order valence-electron chi connectivity index (χ4n) is 2.47. The fourth-order valence-corrected chi connectivity index (χ4v) is 2.47. The third-order valence-corrected chi connectivity index (χ3v) is 3.61. The number of benzene rings is 2. The van der Waals surface area contributed by atoms with Crippen LogP contribution in [0.3, 0.4) is 0 Å². The van der Waals surface area contributed by atoms with Gasteiger partial charge in [-0.15, -0.1) is 0 Å². The molecular formula is C16H11F3N4O3. The van der Waals surface area contributed by atoms with Gasteiger partial charge in [-0.2, -0.15) is 13.2 Å². The fraction of sp³-hybridized carbons (Fsp3) is 0.125. The molecule has 0 aliphatic heterocycles. The number of carbonyl (C=O) groups excluding carboxylic acids is 1. The van der Waals surface area contributed by atoms with Crippen molar-refractivity contribution in [2.24, 2.45) is 0 Å². The van der Waals surface area contributed by atoms with E-state index in [-0.39, 0.29) is 23.4 Å². The Morgan fingerprint density at radius 2 is 1.96 bits per heavy atom. The van der Waals surface area contributed by atoms with Crippen LogP contribution >= 0.6 is 0 Å². The van der Waals surface area contributed by atoms with E-state index in [1.165, 1.54) is 35.2 Å². The highest BCUT2D eigenvalue weighted by Gasteiger charge is 2.30. The van der Waals surface area contributed by atoms with Gasteiger partial charge in [0.05, 0.1) is 22.3 Å². The number of nitro groups is 1. The molecule has 1 amide bonds. The van der Waals surface area contributed by atoms with E-state index in [0.717, 1.165) is 12.1 Å². The van der Waals surface area contributed by atoms with E-state index in [9.17, 15) is 28.1 Å². The van der Waals surface area contributed by atoms with Crippen molar-refractivity contribution in [1.82, 2.24) is 9.55 Å². The molecule has 26 heavy (non-hydrogen) atoms. The van der Waals surface area contributed by atoms with E-state index in [0.29, 0.717) is 5.52 Å². The first-order chi connectivity index (χ1) is 12.3. The number of imidazole rings is 1. The van der Waals surface area contributed by atoms with E-state index in [4.69, 9.17) is 0 Å². The van der Waals surface area contributed by atoms with Crippen molar-refractivity contribution in [2.75, 3.05) is 5.32 Å². The molecule has 134 valence electrons. The molecule has 7 nitrogen and oxygen atoms in total. The number of aromatic nitrogens is 2. The van der Waals surface area contributed by atoms with Gasteiger partial charge in [0.1, 0.15) is 6.54 Å². The Morgan fingerprint density at radius 1 is 1.23 bits per heavy atom. The second-order valence-electron chi connectivity index (χ2n) is 5.40. The number of rotatable bonds is 4. The molecule has 0 bridgehead atoms. The van der Waals surface area contributed by atoms with Crippen LogP contribution in [0.5, 0.6) is 0 Å². The second kappa shape index (κ2) is 6.47. The van der Waals surface area contributed by atoms with Crippen LogP contribution in [0.25, 0.3) is 11.0 Å². The number of nitro benzene ring substituents is 1. The van der Waals surface area contributed by atoms with Crippen LogP contribution in [-0.4, -0.2) is 20.4 Å². The second-order valence-corrected chi connectivity index (χ2v) is 5.40. The van der Waals surface area contributed by atoms with Gasteiger partial charge in [-0.3, -0.25) is 14.9 Å². The van der Waals surface area contributed by atoms with Crippen LogP contribution in [0, 0.1) is 10.1 Å². The summed E-state index contributed by atoms with van der Waals surface area (Å²) in [5.41, 5.74) is -0.568. The monoisotopic (exact) mass is 364 g/mol. The Morgan fingerprint density at radius 3 is 2.65 bits per heavy atom. The minimum Gasteiger partial charge on any atom is -0.325 e. The van der Waals surface area contributed by atoms with Crippen molar-refractivity contribution in [1.29, 1.82) is 0 Å². The standard InChI is InChI=1S/C16H11F3N4O3/c17-16(18,19)10-3-1-4-11(7-10)21-14(24)8-22-9-20-15-12(22)5-2-6-13(15)23(25)26/h1-7,9H,8H2,(H,21,24). The van der Waals surface area contributed by atoms with Crippen LogP contribution in [0.1, 0.15) is 5.56 Å². The lowest BCUT2D eigenvalue weighted by molar-refractivity contribution is -0.383. The maximum atomic E-state index is 12.7. The average molecular weight is 364 g/mol. The maximum absolute atomic E-state index is 12.7. The molecule has 1 heterocycles. The first-order valence-corrected chi connectivity index (χ1v) is 7.31. The van der Waals surface area contributed by atoms with E-state index in [1.807, 2.05) is 0 Å². The quantitative estimate of drug-likeness (QED) is 0.566. The van der Waals surface area contributed by atoms with Gasteiger partial charge in [-0.05, 0) is 24.3 Å². The number of non-ortho nitro benzene ring substituents is 1. The van der Waals surface area contributed by atoms with Crippen molar-refractivity contribution < 1.29 is 22.9 Å². The number of nitrogens with zero attached hydrogens (tertiary/aromatic N) is 3. The molecule has 0 aliphatic carbocycles. The SMILES string of the molecule is O=C(Cn1cnc2c([N+](=O)[O-])cccc21)Nc1cccc(C(F)(F)F)c1. The molecule has 10 heteroatoms. The lowest BCUT2D eigenvalue weighted by atomic mass is 10.2. The average Bonchev–Trinajstić information content (AvgIpc) is 2.97. The minimum atomic E-state index is -4.51. The van der Waals surface area contributed by atoms with Crippen LogP contribution in [0.15, 0.2) is 48.8 Å². The number of nitrogens with one attached hydrogen (secondary N) is 1. The van der Waals surface area contributed by atoms with E-state index < -0.39 is 22.6 Å². The molecule has 0 radical (unpaired) electrons. The zero-order chi connectivity index (χ0) is 18.9. The molecular weight excluding hydrogens is 353 g/mol. The zero-order valence-corrected chi connectivity index (χ0v) is 13.0. The highest BCUT2D eigenvalue weighted by Crippen LogP contribution is 2.30. The molecule has 0 atom stereocenters. The van der Waals surface area contributed by atoms with E-state index in [2.05, 4.69) is 10.3 Å². The summed E-state index contributed by atoms with van der Waals surface area (Å²) in [4.78, 5) is 26.5. The normalized spacial score (nSPS) is 11.5. The van der Waals surface area contributed by atoms with Gasteiger partial charge in [0.25, 0.3) is 5.69 Å². The molecule has 0 fully saturated rings. The molecule has 3 aromatic rings. The van der Waals surface area contributed by atoms with E-state index in [1.54, 1.807) is 6.07 Å². The summed E-state index contributed by atoms with van der Waals surface area (Å²) in [6.07, 6.45) is -3.25. The first-order valence-electron chi connectivity index (χ1n) is 7.31. The number of anilines is 1. The number of para-hydroxylation sites is 1. The molecule has 2 aromatic carbocycles. The van der Waals surface area contributed by atoms with Gasteiger partial charge < -0.3 is 9.88 Å². The summed E-state index contributed by atoms with van der Waals surface area (Å²) in [7, 11) is 0. The van der Waals surface area contributed by atoms with Gasteiger partial charge in [0.15, 0.2) is 5.52 Å². The number of halogens is 3. The number of amides is 1. The highest BCUT2D eigenvalue weighted by molar-refractivity contribution is 5.92. The number of hydrogen-bond donors (Lipinski definition) is 1. The Kier molecular flexibility index (Phi) is 4.33. The van der Waals surface area contributed by atoms with Gasteiger partial charge >= 0.3 is 6.18 Å². The third kappa shape index (κ3) is 3.48. The first kappa shape index (κ1) is 17.4. The molecule has 1 N–H and O–H groups in total. The molecule has 0 saturated carbocycles. The van der Waals surface area contributed by atoms with Crippen molar-refractivity contribution in [3.8, 4) is 0 Å². The Labute approximate surface area is 144 Å².